The first kappa shape index (κ1) is 19.4. The molecule has 2 aromatic rings. The van der Waals surface area contributed by atoms with E-state index in [-0.39, 0.29) is 17.8 Å². The minimum Gasteiger partial charge on any atom is -0.508 e. The van der Waals surface area contributed by atoms with Crippen LogP contribution in [0.3, 0.4) is 0 Å². The number of phenols is 2. The Morgan fingerprint density at radius 1 is 0.680 bits per heavy atom. The third kappa shape index (κ3) is 3.84. The third-order valence-corrected chi connectivity index (χ3v) is 5.23. The van der Waals surface area contributed by atoms with Gasteiger partial charge in [0.05, 0.1) is 0 Å². The van der Waals surface area contributed by atoms with Crippen molar-refractivity contribution in [2.24, 2.45) is 0 Å². The Hall–Kier alpha value is -1.96. The smallest absolute Gasteiger partial charge is 0.119 e. The van der Waals surface area contributed by atoms with Crippen molar-refractivity contribution in [1.29, 1.82) is 0 Å². The lowest BCUT2D eigenvalue weighted by Gasteiger charge is -2.24. The van der Waals surface area contributed by atoms with E-state index in [1.54, 1.807) is 0 Å². The molecule has 2 aromatic carbocycles. The molecular weight excluding hydrogens is 308 g/mol. The molecule has 2 N–H and O–H groups in total. The van der Waals surface area contributed by atoms with Gasteiger partial charge in [0.2, 0.25) is 0 Å². The van der Waals surface area contributed by atoms with E-state index in [0.717, 1.165) is 28.7 Å². The van der Waals surface area contributed by atoms with Gasteiger partial charge in [0, 0.05) is 5.92 Å². The van der Waals surface area contributed by atoms with Crippen LogP contribution in [0.2, 0.25) is 0 Å². The van der Waals surface area contributed by atoms with Gasteiger partial charge < -0.3 is 10.2 Å². The van der Waals surface area contributed by atoms with Gasteiger partial charge in [-0.2, -0.15) is 0 Å². The quantitative estimate of drug-likeness (QED) is 0.652. The third-order valence-electron chi connectivity index (χ3n) is 5.23. The van der Waals surface area contributed by atoms with Crippen molar-refractivity contribution >= 4 is 0 Å². The van der Waals surface area contributed by atoms with Gasteiger partial charge >= 0.3 is 0 Å². The summed E-state index contributed by atoms with van der Waals surface area (Å²) in [7, 11) is 0. The van der Waals surface area contributed by atoms with Gasteiger partial charge in [0.15, 0.2) is 0 Å². The zero-order valence-corrected chi connectivity index (χ0v) is 16.6. The average Bonchev–Trinajstić information content (AvgIpc) is 2.50. The summed E-state index contributed by atoms with van der Waals surface area (Å²) in [5, 5.41) is 20.6. The van der Waals surface area contributed by atoms with Gasteiger partial charge in [0.1, 0.15) is 11.5 Å². The normalized spacial score (nSPS) is 11.8. The first-order valence-electron chi connectivity index (χ1n) is 9.34. The molecule has 0 atom stereocenters. The molecule has 0 unspecified atom stereocenters. The number of aryl methyl sites for hydroxylation is 2. The maximum absolute atomic E-state index is 10.3. The van der Waals surface area contributed by atoms with Gasteiger partial charge in [-0.1, -0.05) is 46.8 Å². The molecule has 0 aliphatic carbocycles. The van der Waals surface area contributed by atoms with Gasteiger partial charge in [0.25, 0.3) is 0 Å². The number of aromatic hydroxyl groups is 2. The topological polar surface area (TPSA) is 40.5 Å². The molecule has 2 rings (SSSR count). The lowest BCUT2D eigenvalue weighted by Crippen LogP contribution is -2.07. The Morgan fingerprint density at radius 3 is 1.32 bits per heavy atom. The standard InChI is InChI=1S/C23H32O2/c1-8-17(20-11-18(13(2)3)22(24)9-15(20)6)21-12-19(14(4)5)23(25)10-16(21)7/h9-14,17,24-25H,8H2,1-7H3. The summed E-state index contributed by atoms with van der Waals surface area (Å²) in [6.07, 6.45) is 0.978. The first-order valence-corrected chi connectivity index (χ1v) is 9.34. The predicted molar refractivity (Wildman–Crippen MR) is 106 cm³/mol. The molecule has 0 heterocycles. The number of rotatable bonds is 5. The van der Waals surface area contributed by atoms with E-state index in [1.807, 2.05) is 12.1 Å². The van der Waals surface area contributed by atoms with Crippen LogP contribution in [0, 0.1) is 13.8 Å². The van der Waals surface area contributed by atoms with E-state index in [2.05, 4.69) is 60.6 Å². The lowest BCUT2D eigenvalue weighted by molar-refractivity contribution is 0.463. The Labute approximate surface area is 152 Å². The van der Waals surface area contributed by atoms with Crippen molar-refractivity contribution in [2.75, 3.05) is 0 Å². The summed E-state index contributed by atoms with van der Waals surface area (Å²) in [4.78, 5) is 0. The van der Waals surface area contributed by atoms with Gasteiger partial charge in [-0.3, -0.25) is 0 Å². The minimum atomic E-state index is 0.260. The average molecular weight is 341 g/mol. The van der Waals surface area contributed by atoms with Crippen molar-refractivity contribution in [3.8, 4) is 11.5 Å². The highest BCUT2D eigenvalue weighted by molar-refractivity contribution is 5.51. The molecule has 0 saturated carbocycles. The first-order chi connectivity index (χ1) is 11.7. The van der Waals surface area contributed by atoms with E-state index >= 15 is 0 Å². The summed E-state index contributed by atoms with van der Waals surface area (Å²) in [5.74, 6) is 1.59. The van der Waals surface area contributed by atoms with Crippen molar-refractivity contribution in [3.05, 3.63) is 57.6 Å². The zero-order valence-electron chi connectivity index (χ0n) is 16.6. The van der Waals surface area contributed by atoms with E-state index in [4.69, 9.17) is 0 Å². The Bertz CT molecular complexity index is 694. The molecular formula is C23H32O2. The molecule has 0 fully saturated rings. The number of phenolic OH excluding ortho intramolecular Hbond substituents is 2. The molecule has 0 radical (unpaired) electrons. The van der Waals surface area contributed by atoms with Crippen LogP contribution in [-0.2, 0) is 0 Å². The maximum atomic E-state index is 10.3. The highest BCUT2D eigenvalue weighted by Crippen LogP contribution is 2.39. The maximum Gasteiger partial charge on any atom is 0.119 e. The summed E-state index contributed by atoms with van der Waals surface area (Å²) < 4.78 is 0. The molecule has 0 saturated heterocycles. The van der Waals surface area contributed by atoms with Gasteiger partial charge in [-0.25, -0.2) is 0 Å². The lowest BCUT2D eigenvalue weighted by atomic mass is 9.81. The van der Waals surface area contributed by atoms with E-state index in [0.29, 0.717) is 11.5 Å². The van der Waals surface area contributed by atoms with Crippen molar-refractivity contribution in [2.45, 2.75) is 72.6 Å². The Kier molecular flexibility index (Phi) is 5.82. The largest absolute Gasteiger partial charge is 0.508 e. The number of benzene rings is 2. The predicted octanol–water partition coefficient (Wildman–Crippen LogP) is 6.50. The van der Waals surface area contributed by atoms with Crippen LogP contribution in [0.15, 0.2) is 24.3 Å². The molecule has 0 aliphatic heterocycles. The minimum absolute atomic E-state index is 0.260. The second kappa shape index (κ2) is 7.51. The van der Waals surface area contributed by atoms with Crippen LogP contribution >= 0.6 is 0 Å². The van der Waals surface area contributed by atoms with Crippen LogP contribution < -0.4 is 0 Å². The fourth-order valence-corrected chi connectivity index (χ4v) is 3.74. The molecule has 0 aromatic heterocycles. The van der Waals surface area contributed by atoms with Crippen molar-refractivity contribution < 1.29 is 10.2 Å². The number of hydrogen-bond acceptors (Lipinski definition) is 2. The molecule has 0 aliphatic rings. The Balaban J connectivity index is 2.65. The van der Waals surface area contributed by atoms with Crippen LogP contribution in [0.25, 0.3) is 0 Å². The molecule has 0 spiro atoms. The molecule has 136 valence electrons. The molecule has 0 bridgehead atoms. The van der Waals surface area contributed by atoms with Gasteiger partial charge in [-0.15, -0.1) is 0 Å². The fourth-order valence-electron chi connectivity index (χ4n) is 3.74. The van der Waals surface area contributed by atoms with E-state index < -0.39 is 0 Å². The van der Waals surface area contributed by atoms with Crippen LogP contribution in [-0.4, -0.2) is 10.2 Å². The second-order valence-electron chi connectivity index (χ2n) is 7.81. The summed E-state index contributed by atoms with van der Waals surface area (Å²) in [6, 6.07) is 8.13. The van der Waals surface area contributed by atoms with Crippen LogP contribution in [0.1, 0.15) is 92.2 Å². The highest BCUT2D eigenvalue weighted by Gasteiger charge is 2.21. The monoisotopic (exact) mass is 340 g/mol. The molecule has 25 heavy (non-hydrogen) atoms. The van der Waals surface area contributed by atoms with E-state index in [1.165, 1.54) is 11.1 Å². The molecule has 2 heteroatoms. The second-order valence-corrected chi connectivity index (χ2v) is 7.81. The van der Waals surface area contributed by atoms with Crippen molar-refractivity contribution in [3.63, 3.8) is 0 Å². The van der Waals surface area contributed by atoms with Gasteiger partial charge in [-0.05, 0) is 77.6 Å². The summed E-state index contributed by atoms with van der Waals surface area (Å²) in [6.45, 7) is 14.8. The molecule has 0 amide bonds. The van der Waals surface area contributed by atoms with Crippen molar-refractivity contribution in [1.82, 2.24) is 0 Å². The summed E-state index contributed by atoms with van der Waals surface area (Å²) in [5.41, 5.74) is 6.78. The number of hydrogen-bond donors (Lipinski definition) is 2. The summed E-state index contributed by atoms with van der Waals surface area (Å²) >= 11 is 0. The fraction of sp³-hybridized carbons (Fsp3) is 0.478. The Morgan fingerprint density at radius 2 is 1.04 bits per heavy atom. The van der Waals surface area contributed by atoms with Crippen LogP contribution in [0.5, 0.6) is 11.5 Å². The SMILES string of the molecule is CCC(c1cc(C(C)C)c(O)cc1C)c1cc(C(C)C)c(O)cc1C. The highest BCUT2D eigenvalue weighted by atomic mass is 16.3. The molecule has 2 nitrogen and oxygen atoms in total. The van der Waals surface area contributed by atoms with Crippen LogP contribution in [0.4, 0.5) is 0 Å². The van der Waals surface area contributed by atoms with E-state index in [9.17, 15) is 10.2 Å². The zero-order chi connectivity index (χ0) is 18.9.